The normalized spacial score (nSPS) is 16.7. The van der Waals surface area contributed by atoms with Crippen LogP contribution < -0.4 is 4.90 Å². The first-order chi connectivity index (χ1) is 13.0. The molecule has 3 rings (SSSR count). The van der Waals surface area contributed by atoms with Gasteiger partial charge in [-0.25, -0.2) is 13.4 Å². The molecule has 0 amide bonds. The van der Waals surface area contributed by atoms with E-state index < -0.39 is 10.0 Å². The van der Waals surface area contributed by atoms with Crippen molar-refractivity contribution in [3.05, 3.63) is 53.7 Å². The minimum Gasteiger partial charge on any atom is -0.353 e. The summed E-state index contributed by atoms with van der Waals surface area (Å²) in [6.07, 6.45) is 2.67. The Kier molecular flexibility index (Phi) is 5.78. The van der Waals surface area contributed by atoms with E-state index in [2.05, 4.69) is 24.9 Å². The quantitative estimate of drug-likeness (QED) is 0.792. The molecule has 6 nitrogen and oxygen atoms in total. The van der Waals surface area contributed by atoms with Crippen molar-refractivity contribution >= 4 is 15.8 Å². The number of sulfonamides is 1. The van der Waals surface area contributed by atoms with Crippen molar-refractivity contribution in [3.8, 4) is 6.07 Å². The molecule has 2 aromatic rings. The van der Waals surface area contributed by atoms with E-state index in [-0.39, 0.29) is 0 Å². The van der Waals surface area contributed by atoms with Crippen molar-refractivity contribution in [3.63, 3.8) is 0 Å². The second kappa shape index (κ2) is 8.07. The van der Waals surface area contributed by atoms with Crippen molar-refractivity contribution in [1.82, 2.24) is 9.29 Å². The fourth-order valence-electron chi connectivity index (χ4n) is 3.23. The highest BCUT2D eigenvalue weighted by atomic mass is 32.2. The van der Waals surface area contributed by atoms with Crippen LogP contribution in [0.1, 0.15) is 37.3 Å². The molecule has 1 fully saturated rings. The van der Waals surface area contributed by atoms with Crippen LogP contribution in [0.3, 0.4) is 0 Å². The Morgan fingerprint density at radius 3 is 2.41 bits per heavy atom. The number of nitrogens with zero attached hydrogens (tertiary/aromatic N) is 4. The van der Waals surface area contributed by atoms with Gasteiger partial charge >= 0.3 is 0 Å². The molecule has 0 saturated carbocycles. The van der Waals surface area contributed by atoms with E-state index in [9.17, 15) is 13.7 Å². The molecule has 1 unspecified atom stereocenters. The number of rotatable bonds is 5. The topological polar surface area (TPSA) is 77.3 Å². The molecule has 7 heteroatoms. The number of anilines is 1. The minimum absolute atomic E-state index is 0.332. The smallest absolute Gasteiger partial charge is 0.243 e. The monoisotopic (exact) mass is 384 g/mol. The van der Waals surface area contributed by atoms with Gasteiger partial charge in [0, 0.05) is 32.4 Å². The summed E-state index contributed by atoms with van der Waals surface area (Å²) in [4.78, 5) is 6.59. The van der Waals surface area contributed by atoms with Crippen LogP contribution in [0.25, 0.3) is 0 Å². The highest BCUT2D eigenvalue weighted by Gasteiger charge is 2.29. The van der Waals surface area contributed by atoms with Crippen LogP contribution in [0.15, 0.2) is 47.5 Å². The van der Waals surface area contributed by atoms with Gasteiger partial charge in [-0.2, -0.15) is 9.57 Å². The van der Waals surface area contributed by atoms with Crippen LogP contribution in [0, 0.1) is 11.3 Å². The Morgan fingerprint density at radius 1 is 1.15 bits per heavy atom. The van der Waals surface area contributed by atoms with Crippen molar-refractivity contribution in [2.45, 2.75) is 31.1 Å². The van der Waals surface area contributed by atoms with Crippen molar-refractivity contribution in [2.75, 3.05) is 31.1 Å². The predicted molar refractivity (Wildman–Crippen MR) is 105 cm³/mol. The molecule has 0 aliphatic carbocycles. The minimum atomic E-state index is -3.51. The lowest BCUT2D eigenvalue weighted by Gasteiger charge is -2.35. The SMILES string of the molecule is CCC(C)c1ccc(S(=O)(=O)N2CCN(c3ncccc3C#N)CC2)cc1. The van der Waals surface area contributed by atoms with E-state index >= 15 is 0 Å². The Bertz CT molecular complexity index is 927. The second-order valence-electron chi connectivity index (χ2n) is 6.76. The summed E-state index contributed by atoms with van der Waals surface area (Å²) in [6.45, 7) is 6.02. The molecule has 0 radical (unpaired) electrons. The predicted octanol–water partition coefficient (Wildman–Crippen LogP) is 2.98. The molecular weight excluding hydrogens is 360 g/mol. The highest BCUT2D eigenvalue weighted by molar-refractivity contribution is 7.89. The fraction of sp³-hybridized carbons (Fsp3) is 0.400. The van der Waals surface area contributed by atoms with Gasteiger partial charge in [-0.1, -0.05) is 26.0 Å². The number of hydrogen-bond donors (Lipinski definition) is 0. The first kappa shape index (κ1) is 19.3. The number of nitriles is 1. The maximum atomic E-state index is 12.9. The van der Waals surface area contributed by atoms with E-state index in [0.29, 0.717) is 48.4 Å². The Hall–Kier alpha value is -2.43. The number of pyridine rings is 1. The zero-order valence-corrected chi connectivity index (χ0v) is 16.5. The number of hydrogen-bond acceptors (Lipinski definition) is 5. The van der Waals surface area contributed by atoms with Crippen LogP contribution in [-0.2, 0) is 10.0 Å². The second-order valence-corrected chi connectivity index (χ2v) is 8.69. The van der Waals surface area contributed by atoms with Crippen LogP contribution in [0.5, 0.6) is 0 Å². The highest BCUT2D eigenvalue weighted by Crippen LogP contribution is 2.24. The van der Waals surface area contributed by atoms with Gasteiger partial charge in [-0.05, 0) is 42.2 Å². The van der Waals surface area contributed by atoms with Gasteiger partial charge in [0.15, 0.2) is 0 Å². The molecule has 1 atom stereocenters. The van der Waals surface area contributed by atoms with E-state index in [1.54, 1.807) is 30.5 Å². The molecular formula is C20H24N4O2S. The lowest BCUT2D eigenvalue weighted by molar-refractivity contribution is 0.383. The van der Waals surface area contributed by atoms with Gasteiger partial charge in [0.05, 0.1) is 10.5 Å². The molecule has 2 heterocycles. The Balaban J connectivity index is 1.72. The fourth-order valence-corrected chi connectivity index (χ4v) is 4.65. The summed E-state index contributed by atoms with van der Waals surface area (Å²) in [5.41, 5.74) is 1.66. The zero-order chi connectivity index (χ0) is 19.4. The van der Waals surface area contributed by atoms with Crippen LogP contribution in [-0.4, -0.2) is 43.9 Å². The summed E-state index contributed by atoms with van der Waals surface area (Å²) < 4.78 is 27.4. The standard InChI is InChI=1S/C20H24N4O2S/c1-3-16(2)17-6-8-19(9-7-17)27(25,26)24-13-11-23(12-14-24)20-18(15-21)5-4-10-22-20/h4-10,16H,3,11-14H2,1-2H3. The van der Waals surface area contributed by atoms with E-state index in [0.717, 1.165) is 12.0 Å². The number of piperazine rings is 1. The molecule has 0 N–H and O–H groups in total. The largest absolute Gasteiger partial charge is 0.353 e. The Morgan fingerprint density at radius 2 is 1.81 bits per heavy atom. The van der Waals surface area contributed by atoms with Crippen molar-refractivity contribution < 1.29 is 8.42 Å². The molecule has 1 aromatic heterocycles. The third kappa shape index (κ3) is 3.97. The van der Waals surface area contributed by atoms with Gasteiger partial charge in [0.2, 0.25) is 10.0 Å². The third-order valence-electron chi connectivity index (χ3n) is 5.14. The number of benzene rings is 1. The van der Waals surface area contributed by atoms with Crippen LogP contribution in [0.2, 0.25) is 0 Å². The number of aromatic nitrogens is 1. The van der Waals surface area contributed by atoms with Gasteiger partial charge in [-0.3, -0.25) is 0 Å². The molecule has 1 aliphatic heterocycles. The molecule has 1 aromatic carbocycles. The third-order valence-corrected chi connectivity index (χ3v) is 7.06. The summed E-state index contributed by atoms with van der Waals surface area (Å²) in [6, 6.07) is 12.8. The Labute approximate surface area is 161 Å². The maximum absolute atomic E-state index is 12.9. The van der Waals surface area contributed by atoms with Crippen molar-refractivity contribution in [1.29, 1.82) is 5.26 Å². The molecule has 1 saturated heterocycles. The molecule has 27 heavy (non-hydrogen) atoms. The van der Waals surface area contributed by atoms with Gasteiger partial charge in [0.1, 0.15) is 11.9 Å². The lowest BCUT2D eigenvalue weighted by atomic mass is 9.99. The summed E-state index contributed by atoms with van der Waals surface area (Å²) in [5.74, 6) is 1.04. The van der Waals surface area contributed by atoms with Gasteiger partial charge in [0.25, 0.3) is 0 Å². The lowest BCUT2D eigenvalue weighted by Crippen LogP contribution is -2.49. The molecule has 0 bridgehead atoms. The molecule has 142 valence electrons. The molecule has 0 spiro atoms. The van der Waals surface area contributed by atoms with Crippen LogP contribution in [0.4, 0.5) is 5.82 Å². The summed E-state index contributed by atoms with van der Waals surface area (Å²) in [5, 5.41) is 9.24. The van der Waals surface area contributed by atoms with Gasteiger partial charge < -0.3 is 4.90 Å². The molecule has 1 aliphatic rings. The average Bonchev–Trinajstić information content (AvgIpc) is 2.73. The van der Waals surface area contributed by atoms with Gasteiger partial charge in [-0.15, -0.1) is 0 Å². The van der Waals surface area contributed by atoms with E-state index in [4.69, 9.17) is 0 Å². The average molecular weight is 385 g/mol. The van der Waals surface area contributed by atoms with Crippen LogP contribution >= 0.6 is 0 Å². The van der Waals surface area contributed by atoms with E-state index in [1.807, 2.05) is 17.0 Å². The zero-order valence-electron chi connectivity index (χ0n) is 15.7. The summed E-state index contributed by atoms with van der Waals surface area (Å²) >= 11 is 0. The van der Waals surface area contributed by atoms with E-state index in [1.165, 1.54) is 4.31 Å². The summed E-state index contributed by atoms with van der Waals surface area (Å²) in [7, 11) is -3.51. The van der Waals surface area contributed by atoms with Crippen molar-refractivity contribution in [2.24, 2.45) is 0 Å². The first-order valence-corrected chi connectivity index (χ1v) is 10.6. The maximum Gasteiger partial charge on any atom is 0.243 e. The first-order valence-electron chi connectivity index (χ1n) is 9.17.